The van der Waals surface area contributed by atoms with Crippen LogP contribution in [0.4, 0.5) is 30.5 Å². The van der Waals surface area contributed by atoms with Gasteiger partial charge in [0, 0.05) is 55.3 Å². The molecule has 7 rings (SSSR count). The summed E-state index contributed by atoms with van der Waals surface area (Å²) in [6.07, 6.45) is -0.460. The molecule has 234 valence electrons. The molecule has 2 aliphatic heterocycles. The van der Waals surface area contributed by atoms with Crippen molar-refractivity contribution in [1.29, 1.82) is 0 Å². The van der Waals surface area contributed by atoms with E-state index >= 15 is 0 Å². The maximum atomic E-state index is 14.2. The summed E-state index contributed by atoms with van der Waals surface area (Å²) in [6, 6.07) is 7.90. The van der Waals surface area contributed by atoms with Crippen LogP contribution in [0, 0.1) is 0 Å². The summed E-state index contributed by atoms with van der Waals surface area (Å²) >= 11 is 0.743. The number of sulfone groups is 1. The van der Waals surface area contributed by atoms with Crippen molar-refractivity contribution in [1.82, 2.24) is 20.2 Å². The number of halogens is 3. The molecular formula is C30H33F3N6O3S2. The normalized spacial score (nSPS) is 23.8. The molecule has 1 saturated heterocycles. The Bertz CT molecular complexity index is 1730. The zero-order valence-electron chi connectivity index (χ0n) is 24.3. The molecule has 2 saturated carbocycles. The highest BCUT2D eigenvalue weighted by molar-refractivity contribution is 7.91. The van der Waals surface area contributed by atoms with E-state index in [4.69, 9.17) is 0 Å². The molecule has 0 unspecified atom stereocenters. The van der Waals surface area contributed by atoms with Gasteiger partial charge in [-0.05, 0) is 75.3 Å². The highest BCUT2D eigenvalue weighted by atomic mass is 32.2. The number of alkyl halides is 3. The summed E-state index contributed by atoms with van der Waals surface area (Å²) in [4.78, 5) is 25.2. The minimum absolute atomic E-state index is 0.0276. The fourth-order valence-electron chi connectivity index (χ4n) is 6.25. The summed E-state index contributed by atoms with van der Waals surface area (Å²) in [6.45, 7) is 6.12. The maximum Gasteiger partial charge on any atom is 0.420 e. The number of benzene rings is 1. The lowest BCUT2D eigenvalue weighted by Crippen LogP contribution is -2.54. The second kappa shape index (κ2) is 10.7. The zero-order valence-corrected chi connectivity index (χ0v) is 25.9. The van der Waals surface area contributed by atoms with Gasteiger partial charge in [0.15, 0.2) is 9.84 Å². The summed E-state index contributed by atoms with van der Waals surface area (Å²) in [5.74, 6) is -0.428. The van der Waals surface area contributed by atoms with Crippen LogP contribution in [0.25, 0.3) is 10.6 Å². The molecule has 2 atom stereocenters. The number of anilines is 3. The molecule has 1 aromatic carbocycles. The maximum absolute atomic E-state index is 14.2. The SMILES string of the molecule is C[C@@H]1CN(c2ccc(Nc3ncc(C(F)(F)F)c(-c4cc5c(s4)C(=O)N(C4CC4)CCS5(=O)=O)n3)c(C3CC3)c2)C[C@H](C)N1. The van der Waals surface area contributed by atoms with Crippen LogP contribution in [-0.4, -0.2) is 72.7 Å². The van der Waals surface area contributed by atoms with Crippen LogP contribution in [0.3, 0.4) is 0 Å². The lowest BCUT2D eigenvalue weighted by atomic mass is 10.0. The third-order valence-corrected chi connectivity index (χ3v) is 11.6. The van der Waals surface area contributed by atoms with Crippen LogP contribution >= 0.6 is 11.3 Å². The molecule has 2 aliphatic carbocycles. The van der Waals surface area contributed by atoms with Crippen molar-refractivity contribution >= 4 is 44.4 Å². The Morgan fingerprint density at radius 3 is 2.45 bits per heavy atom. The van der Waals surface area contributed by atoms with E-state index in [0.29, 0.717) is 18.0 Å². The number of piperazine rings is 1. The van der Waals surface area contributed by atoms with Crippen LogP contribution in [0.5, 0.6) is 0 Å². The molecule has 9 nitrogen and oxygen atoms in total. The van der Waals surface area contributed by atoms with Crippen molar-refractivity contribution in [3.05, 3.63) is 46.5 Å². The first-order chi connectivity index (χ1) is 20.9. The minimum Gasteiger partial charge on any atom is -0.368 e. The van der Waals surface area contributed by atoms with Crippen LogP contribution in [0.15, 0.2) is 35.4 Å². The predicted octanol–water partition coefficient (Wildman–Crippen LogP) is 5.42. The Labute approximate surface area is 257 Å². The first-order valence-electron chi connectivity index (χ1n) is 14.9. The fraction of sp³-hybridized carbons (Fsp3) is 0.500. The van der Waals surface area contributed by atoms with Gasteiger partial charge in [0.05, 0.1) is 21.2 Å². The third-order valence-electron chi connectivity index (χ3n) is 8.63. The van der Waals surface area contributed by atoms with Gasteiger partial charge in [-0.3, -0.25) is 4.79 Å². The molecule has 0 bridgehead atoms. The van der Waals surface area contributed by atoms with Crippen molar-refractivity contribution in [2.75, 3.05) is 35.6 Å². The van der Waals surface area contributed by atoms with Crippen molar-refractivity contribution in [3.8, 4) is 10.6 Å². The Balaban J connectivity index is 1.25. The molecule has 14 heteroatoms. The fourth-order valence-corrected chi connectivity index (χ4v) is 9.17. The summed E-state index contributed by atoms with van der Waals surface area (Å²) in [7, 11) is -3.87. The van der Waals surface area contributed by atoms with E-state index in [1.54, 1.807) is 0 Å². The number of amides is 1. The molecule has 0 spiro atoms. The number of nitrogens with one attached hydrogen (secondary N) is 2. The summed E-state index contributed by atoms with van der Waals surface area (Å²) < 4.78 is 68.8. The van der Waals surface area contributed by atoms with E-state index in [2.05, 4.69) is 45.4 Å². The number of carbonyl (C=O) groups excluding carboxylic acids is 1. The zero-order chi connectivity index (χ0) is 31.0. The lowest BCUT2D eigenvalue weighted by Gasteiger charge is -2.38. The van der Waals surface area contributed by atoms with Gasteiger partial charge in [0.1, 0.15) is 10.4 Å². The average molecular weight is 647 g/mol. The highest BCUT2D eigenvalue weighted by Crippen LogP contribution is 2.46. The molecular weight excluding hydrogens is 613 g/mol. The molecule has 2 N–H and O–H groups in total. The number of fused-ring (bicyclic) bond motifs is 1. The third kappa shape index (κ3) is 5.67. The molecule has 2 aromatic heterocycles. The van der Waals surface area contributed by atoms with Gasteiger partial charge in [-0.15, -0.1) is 11.3 Å². The quantitative estimate of drug-likeness (QED) is 0.366. The Hall–Kier alpha value is -3.23. The monoisotopic (exact) mass is 646 g/mol. The number of hydrogen-bond acceptors (Lipinski definition) is 9. The van der Waals surface area contributed by atoms with Crippen molar-refractivity contribution in [3.63, 3.8) is 0 Å². The van der Waals surface area contributed by atoms with Crippen molar-refractivity contribution < 1.29 is 26.4 Å². The second-order valence-electron chi connectivity index (χ2n) is 12.4. The van der Waals surface area contributed by atoms with Crippen molar-refractivity contribution in [2.45, 2.75) is 74.6 Å². The van der Waals surface area contributed by atoms with Crippen LogP contribution in [-0.2, 0) is 16.0 Å². The van der Waals surface area contributed by atoms with Gasteiger partial charge in [-0.2, -0.15) is 13.2 Å². The topological polar surface area (TPSA) is 108 Å². The number of rotatable bonds is 6. The molecule has 4 heterocycles. The molecule has 0 radical (unpaired) electrons. The summed E-state index contributed by atoms with van der Waals surface area (Å²) in [5, 5.41) is 6.69. The molecule has 3 fully saturated rings. The van der Waals surface area contributed by atoms with Crippen LogP contribution in [0.2, 0.25) is 0 Å². The second-order valence-corrected chi connectivity index (χ2v) is 15.5. The largest absolute Gasteiger partial charge is 0.420 e. The number of thiophene rings is 1. The Morgan fingerprint density at radius 1 is 1.07 bits per heavy atom. The standard InChI is InChI=1S/C30H33F3N6O3S2/c1-16-14-38(15-17(2)35-16)20-7-8-23(21(11-20)18-3-4-18)36-29-34-13-22(30(31,32)33)26(37-29)24-12-25-27(43-24)28(40)39(19-5-6-19)9-10-44(25,41)42/h7-8,11-13,16-19,35H,3-6,9-10,14-15H2,1-2H3,(H,34,36,37)/t16-,17+. The van der Waals surface area contributed by atoms with Gasteiger partial charge in [0.2, 0.25) is 5.95 Å². The minimum atomic E-state index is -4.80. The molecule has 1 amide bonds. The lowest BCUT2D eigenvalue weighted by molar-refractivity contribution is -0.137. The van der Waals surface area contributed by atoms with Crippen molar-refractivity contribution in [2.24, 2.45) is 0 Å². The first kappa shape index (κ1) is 29.5. The van der Waals surface area contributed by atoms with E-state index in [0.717, 1.165) is 73.2 Å². The van der Waals surface area contributed by atoms with Gasteiger partial charge in [-0.1, -0.05) is 0 Å². The van der Waals surface area contributed by atoms with Gasteiger partial charge < -0.3 is 20.4 Å². The number of carbonyl (C=O) groups is 1. The van der Waals surface area contributed by atoms with E-state index in [9.17, 15) is 26.4 Å². The Morgan fingerprint density at radius 2 is 1.80 bits per heavy atom. The van der Waals surface area contributed by atoms with Gasteiger partial charge in [-0.25, -0.2) is 18.4 Å². The van der Waals surface area contributed by atoms with E-state index in [1.165, 1.54) is 11.0 Å². The number of hydrogen-bond donors (Lipinski definition) is 2. The first-order valence-corrected chi connectivity index (χ1v) is 17.4. The average Bonchev–Trinajstić information content (AvgIpc) is 3.90. The van der Waals surface area contributed by atoms with E-state index in [1.807, 2.05) is 12.1 Å². The highest BCUT2D eigenvalue weighted by Gasteiger charge is 2.42. The van der Waals surface area contributed by atoms with Gasteiger partial charge >= 0.3 is 6.18 Å². The molecule has 4 aliphatic rings. The van der Waals surface area contributed by atoms with Gasteiger partial charge in [0.25, 0.3) is 5.91 Å². The number of aromatic nitrogens is 2. The number of nitrogens with zero attached hydrogens (tertiary/aromatic N) is 4. The Kier molecular flexibility index (Phi) is 7.16. The summed E-state index contributed by atoms with van der Waals surface area (Å²) in [5.41, 5.74) is 1.33. The van der Waals surface area contributed by atoms with E-state index < -0.39 is 33.2 Å². The molecule has 3 aromatic rings. The van der Waals surface area contributed by atoms with E-state index in [-0.39, 0.29) is 38.9 Å². The van der Waals surface area contributed by atoms with Crippen LogP contribution in [0.1, 0.15) is 66.2 Å². The predicted molar refractivity (Wildman–Crippen MR) is 162 cm³/mol. The molecule has 44 heavy (non-hydrogen) atoms. The smallest absolute Gasteiger partial charge is 0.368 e. The van der Waals surface area contributed by atoms with Crippen LogP contribution < -0.4 is 15.5 Å².